The van der Waals surface area contributed by atoms with E-state index in [1.165, 1.54) is 0 Å². The molecule has 0 unspecified atom stereocenters. The monoisotopic (exact) mass is 221 g/mol. The van der Waals surface area contributed by atoms with Gasteiger partial charge in [0.05, 0.1) is 0 Å². The van der Waals surface area contributed by atoms with Crippen LogP contribution in [0.25, 0.3) is 0 Å². The molecular formula is C12H19N3O. The average molecular weight is 221 g/mol. The average Bonchev–Trinajstić information content (AvgIpc) is 2.25. The predicted molar refractivity (Wildman–Crippen MR) is 63.8 cm³/mol. The number of hydrogen-bond donors (Lipinski definition) is 2. The summed E-state index contributed by atoms with van der Waals surface area (Å²) in [5.74, 6) is 0.0914. The summed E-state index contributed by atoms with van der Waals surface area (Å²) in [6.07, 6.45) is 4.08. The molecule has 0 fully saturated rings. The lowest BCUT2D eigenvalue weighted by atomic mass is 10.3. The van der Waals surface area contributed by atoms with Crippen molar-refractivity contribution in [3.63, 3.8) is 0 Å². The maximum atomic E-state index is 11.3. The molecule has 0 aliphatic rings. The van der Waals surface area contributed by atoms with E-state index in [-0.39, 0.29) is 11.9 Å². The molecule has 1 aromatic heterocycles. The van der Waals surface area contributed by atoms with Gasteiger partial charge in [-0.25, -0.2) is 0 Å². The van der Waals surface area contributed by atoms with Gasteiger partial charge < -0.3 is 10.6 Å². The highest BCUT2D eigenvalue weighted by Gasteiger charge is 2.01. The second kappa shape index (κ2) is 6.95. The van der Waals surface area contributed by atoms with Gasteiger partial charge in [-0.3, -0.25) is 9.78 Å². The largest absolute Gasteiger partial charge is 0.354 e. The summed E-state index contributed by atoms with van der Waals surface area (Å²) in [7, 11) is 0. The Hall–Kier alpha value is -1.42. The van der Waals surface area contributed by atoms with E-state index in [9.17, 15) is 4.79 Å². The molecule has 0 bridgehead atoms. The van der Waals surface area contributed by atoms with Crippen molar-refractivity contribution in [3.05, 3.63) is 30.1 Å². The standard InChI is InChI=1S/C12H19N3O/c1-10(2)15-12(16)5-7-14-9-11-4-3-6-13-8-11/h3-4,6,8,10,14H,5,7,9H2,1-2H3,(H,15,16). The van der Waals surface area contributed by atoms with Gasteiger partial charge in [-0.15, -0.1) is 0 Å². The first-order chi connectivity index (χ1) is 7.68. The van der Waals surface area contributed by atoms with E-state index >= 15 is 0 Å². The topological polar surface area (TPSA) is 54.0 Å². The van der Waals surface area contributed by atoms with Gasteiger partial charge in [0, 0.05) is 37.9 Å². The number of nitrogens with zero attached hydrogens (tertiary/aromatic N) is 1. The molecule has 0 aromatic carbocycles. The van der Waals surface area contributed by atoms with Crippen LogP contribution in [0.3, 0.4) is 0 Å². The van der Waals surface area contributed by atoms with Gasteiger partial charge in [0.25, 0.3) is 0 Å². The molecule has 0 atom stereocenters. The molecule has 0 aliphatic heterocycles. The first kappa shape index (κ1) is 12.6. The van der Waals surface area contributed by atoms with Crippen molar-refractivity contribution >= 4 is 5.91 Å². The van der Waals surface area contributed by atoms with Crippen LogP contribution in [0.1, 0.15) is 25.8 Å². The SMILES string of the molecule is CC(C)NC(=O)CCNCc1cccnc1. The Kier molecular flexibility index (Phi) is 5.50. The molecule has 4 nitrogen and oxygen atoms in total. The third kappa shape index (κ3) is 5.46. The van der Waals surface area contributed by atoms with E-state index in [4.69, 9.17) is 0 Å². The van der Waals surface area contributed by atoms with Crippen LogP contribution in [0.2, 0.25) is 0 Å². The predicted octanol–water partition coefficient (Wildman–Crippen LogP) is 1.09. The van der Waals surface area contributed by atoms with Crippen LogP contribution in [0.4, 0.5) is 0 Å². The second-order valence-electron chi connectivity index (χ2n) is 4.01. The van der Waals surface area contributed by atoms with Crippen LogP contribution in [0.15, 0.2) is 24.5 Å². The fourth-order valence-corrected chi connectivity index (χ4v) is 1.33. The molecule has 1 heterocycles. The summed E-state index contributed by atoms with van der Waals surface area (Å²) in [4.78, 5) is 15.3. The Morgan fingerprint density at radius 1 is 1.50 bits per heavy atom. The maximum absolute atomic E-state index is 11.3. The van der Waals surface area contributed by atoms with Gasteiger partial charge in [-0.1, -0.05) is 6.07 Å². The molecular weight excluding hydrogens is 202 g/mol. The molecule has 88 valence electrons. The van der Waals surface area contributed by atoms with Gasteiger partial charge in [0.1, 0.15) is 0 Å². The Labute approximate surface area is 96.5 Å². The third-order valence-electron chi connectivity index (χ3n) is 2.03. The quantitative estimate of drug-likeness (QED) is 0.707. The maximum Gasteiger partial charge on any atom is 0.221 e. The smallest absolute Gasteiger partial charge is 0.221 e. The highest BCUT2D eigenvalue weighted by atomic mass is 16.1. The first-order valence-electron chi connectivity index (χ1n) is 5.57. The van der Waals surface area contributed by atoms with Gasteiger partial charge >= 0.3 is 0 Å². The minimum Gasteiger partial charge on any atom is -0.354 e. The van der Waals surface area contributed by atoms with E-state index in [1.54, 1.807) is 6.20 Å². The molecule has 0 aliphatic carbocycles. The summed E-state index contributed by atoms with van der Waals surface area (Å²) >= 11 is 0. The van der Waals surface area contributed by atoms with Crippen LogP contribution >= 0.6 is 0 Å². The van der Waals surface area contributed by atoms with E-state index in [2.05, 4.69) is 15.6 Å². The summed E-state index contributed by atoms with van der Waals surface area (Å²) in [6, 6.07) is 4.13. The minimum atomic E-state index is 0.0914. The summed E-state index contributed by atoms with van der Waals surface area (Å²) in [5, 5.41) is 6.06. The zero-order valence-electron chi connectivity index (χ0n) is 9.86. The van der Waals surface area contributed by atoms with E-state index in [0.29, 0.717) is 13.0 Å². The number of pyridine rings is 1. The number of carbonyl (C=O) groups is 1. The van der Waals surface area contributed by atoms with Gasteiger partial charge in [0.2, 0.25) is 5.91 Å². The first-order valence-corrected chi connectivity index (χ1v) is 5.57. The Balaban J connectivity index is 2.10. The molecule has 4 heteroatoms. The number of rotatable bonds is 6. The lowest BCUT2D eigenvalue weighted by Gasteiger charge is -2.08. The van der Waals surface area contributed by atoms with E-state index < -0.39 is 0 Å². The van der Waals surface area contributed by atoms with E-state index in [1.807, 2.05) is 32.2 Å². The molecule has 16 heavy (non-hydrogen) atoms. The van der Waals surface area contributed by atoms with Crippen molar-refractivity contribution in [2.45, 2.75) is 32.9 Å². The second-order valence-corrected chi connectivity index (χ2v) is 4.01. The molecule has 0 saturated carbocycles. The van der Waals surface area contributed by atoms with Crippen molar-refractivity contribution < 1.29 is 4.79 Å². The molecule has 0 spiro atoms. The number of aromatic nitrogens is 1. The zero-order valence-corrected chi connectivity index (χ0v) is 9.86. The van der Waals surface area contributed by atoms with Crippen molar-refractivity contribution in [2.75, 3.05) is 6.54 Å². The lowest BCUT2D eigenvalue weighted by Crippen LogP contribution is -2.32. The zero-order chi connectivity index (χ0) is 11.8. The van der Waals surface area contributed by atoms with Crippen molar-refractivity contribution in [1.29, 1.82) is 0 Å². The summed E-state index contributed by atoms with van der Waals surface area (Å²) < 4.78 is 0. The molecule has 1 rings (SSSR count). The van der Waals surface area contributed by atoms with Gasteiger partial charge in [0.15, 0.2) is 0 Å². The van der Waals surface area contributed by atoms with Crippen molar-refractivity contribution in [3.8, 4) is 0 Å². The number of carbonyl (C=O) groups excluding carboxylic acids is 1. The lowest BCUT2D eigenvalue weighted by molar-refractivity contribution is -0.121. The van der Waals surface area contributed by atoms with Gasteiger partial charge in [-0.05, 0) is 25.5 Å². The van der Waals surface area contributed by atoms with Gasteiger partial charge in [-0.2, -0.15) is 0 Å². The highest BCUT2D eigenvalue weighted by Crippen LogP contribution is 1.94. The summed E-state index contributed by atoms with van der Waals surface area (Å²) in [5.41, 5.74) is 1.13. The van der Waals surface area contributed by atoms with E-state index in [0.717, 1.165) is 12.1 Å². The van der Waals surface area contributed by atoms with Crippen molar-refractivity contribution in [1.82, 2.24) is 15.6 Å². The minimum absolute atomic E-state index is 0.0914. The normalized spacial score (nSPS) is 10.4. The molecule has 1 amide bonds. The van der Waals surface area contributed by atoms with Crippen molar-refractivity contribution in [2.24, 2.45) is 0 Å². The fourth-order valence-electron chi connectivity index (χ4n) is 1.33. The van der Waals surface area contributed by atoms with Crippen LogP contribution in [0, 0.1) is 0 Å². The number of hydrogen-bond acceptors (Lipinski definition) is 3. The fraction of sp³-hybridized carbons (Fsp3) is 0.500. The third-order valence-corrected chi connectivity index (χ3v) is 2.03. The van der Waals surface area contributed by atoms with Crippen LogP contribution in [-0.2, 0) is 11.3 Å². The Morgan fingerprint density at radius 3 is 2.94 bits per heavy atom. The Morgan fingerprint density at radius 2 is 2.31 bits per heavy atom. The highest BCUT2D eigenvalue weighted by molar-refractivity contribution is 5.76. The number of amides is 1. The molecule has 2 N–H and O–H groups in total. The Bertz CT molecular complexity index is 311. The van der Waals surface area contributed by atoms with Crippen LogP contribution in [-0.4, -0.2) is 23.5 Å². The molecule has 0 saturated heterocycles. The van der Waals surface area contributed by atoms with Crippen LogP contribution < -0.4 is 10.6 Å². The van der Waals surface area contributed by atoms with Crippen LogP contribution in [0.5, 0.6) is 0 Å². The number of nitrogens with one attached hydrogen (secondary N) is 2. The summed E-state index contributed by atoms with van der Waals surface area (Å²) in [6.45, 7) is 5.36. The molecule has 0 radical (unpaired) electrons. The molecule has 1 aromatic rings.